The Labute approximate surface area is 162 Å². The van der Waals surface area contributed by atoms with E-state index in [0.29, 0.717) is 25.0 Å². The molecule has 0 bridgehead atoms. The summed E-state index contributed by atoms with van der Waals surface area (Å²) in [7, 11) is 0. The number of morpholine rings is 1. The van der Waals surface area contributed by atoms with Crippen molar-refractivity contribution in [3.05, 3.63) is 34.0 Å². The quantitative estimate of drug-likeness (QED) is 0.769. The second-order valence-corrected chi connectivity index (χ2v) is 7.92. The maximum absolute atomic E-state index is 12.8. The molecule has 3 N–H and O–H groups in total. The van der Waals surface area contributed by atoms with Crippen molar-refractivity contribution in [3.8, 4) is 0 Å². The summed E-state index contributed by atoms with van der Waals surface area (Å²) in [5.74, 6) is 2.00. The fraction of sp³-hybridized carbons (Fsp3) is 0.579. The molecule has 0 amide bonds. The molecule has 3 aliphatic rings. The van der Waals surface area contributed by atoms with Gasteiger partial charge in [-0.25, -0.2) is 15.0 Å². The summed E-state index contributed by atoms with van der Waals surface area (Å²) in [6, 6.07) is 1.82. The van der Waals surface area contributed by atoms with Gasteiger partial charge in [-0.15, -0.1) is 0 Å². The Morgan fingerprint density at radius 3 is 2.82 bits per heavy atom. The van der Waals surface area contributed by atoms with E-state index in [1.165, 1.54) is 6.33 Å². The second kappa shape index (κ2) is 6.73. The van der Waals surface area contributed by atoms with E-state index >= 15 is 0 Å². The minimum atomic E-state index is -0.109. The number of piperidine rings is 1. The highest BCUT2D eigenvalue weighted by molar-refractivity contribution is 5.49. The minimum Gasteiger partial charge on any atom is -0.384 e. The first kappa shape index (κ1) is 17.4. The van der Waals surface area contributed by atoms with E-state index in [1.807, 2.05) is 6.07 Å². The number of anilines is 3. The summed E-state index contributed by atoms with van der Waals surface area (Å²) in [4.78, 5) is 33.6. The van der Waals surface area contributed by atoms with Crippen molar-refractivity contribution in [1.29, 1.82) is 0 Å². The van der Waals surface area contributed by atoms with Crippen LogP contribution in [-0.4, -0.2) is 59.3 Å². The normalized spacial score (nSPS) is 24.6. The first-order valence-corrected chi connectivity index (χ1v) is 9.93. The summed E-state index contributed by atoms with van der Waals surface area (Å²) in [6.45, 7) is 4.55. The lowest BCUT2D eigenvalue weighted by Gasteiger charge is -2.41. The van der Waals surface area contributed by atoms with Crippen LogP contribution in [0.5, 0.6) is 0 Å². The van der Waals surface area contributed by atoms with Crippen LogP contribution >= 0.6 is 0 Å². The number of nitrogen functional groups attached to an aromatic ring is 1. The van der Waals surface area contributed by atoms with Gasteiger partial charge in [-0.05, 0) is 25.7 Å². The third kappa shape index (κ3) is 2.90. The molecule has 5 rings (SSSR count). The van der Waals surface area contributed by atoms with Gasteiger partial charge in [0.2, 0.25) is 5.95 Å². The predicted octanol–water partition coefficient (Wildman–Crippen LogP) is 0.463. The highest BCUT2D eigenvalue weighted by atomic mass is 16.5. The Kier molecular flexibility index (Phi) is 4.19. The van der Waals surface area contributed by atoms with E-state index in [2.05, 4.69) is 24.8 Å². The summed E-state index contributed by atoms with van der Waals surface area (Å²) in [5, 5.41) is 0. The van der Waals surface area contributed by atoms with E-state index in [1.54, 1.807) is 0 Å². The zero-order valence-electron chi connectivity index (χ0n) is 15.9. The monoisotopic (exact) mass is 383 g/mol. The van der Waals surface area contributed by atoms with Crippen LogP contribution in [0, 0.1) is 0 Å². The van der Waals surface area contributed by atoms with Gasteiger partial charge in [0, 0.05) is 43.2 Å². The molecule has 28 heavy (non-hydrogen) atoms. The average Bonchev–Trinajstić information content (AvgIpc) is 3.07. The van der Waals surface area contributed by atoms with Gasteiger partial charge in [0.1, 0.15) is 18.0 Å². The van der Waals surface area contributed by atoms with Crippen LogP contribution in [0.3, 0.4) is 0 Å². The van der Waals surface area contributed by atoms with Crippen LogP contribution in [0.1, 0.15) is 30.5 Å². The third-order valence-corrected chi connectivity index (χ3v) is 6.24. The molecule has 2 fully saturated rings. The topological polar surface area (TPSA) is 113 Å². The molecule has 0 aromatic carbocycles. The number of nitrogens with one attached hydrogen (secondary N) is 1. The molecular weight excluding hydrogens is 358 g/mol. The number of nitrogens with zero attached hydrogens (tertiary/aromatic N) is 5. The lowest BCUT2D eigenvalue weighted by Crippen LogP contribution is -2.46. The van der Waals surface area contributed by atoms with E-state index in [9.17, 15) is 4.79 Å². The number of aromatic nitrogens is 4. The largest absolute Gasteiger partial charge is 0.384 e. The van der Waals surface area contributed by atoms with E-state index < -0.39 is 0 Å². The zero-order valence-corrected chi connectivity index (χ0v) is 15.9. The van der Waals surface area contributed by atoms with Crippen LogP contribution in [-0.2, 0) is 16.6 Å². The summed E-state index contributed by atoms with van der Waals surface area (Å²) in [5.41, 5.74) is 7.58. The highest BCUT2D eigenvalue weighted by Crippen LogP contribution is 2.44. The molecule has 1 unspecified atom stereocenters. The number of fused-ring (bicyclic) bond motifs is 2. The fourth-order valence-corrected chi connectivity index (χ4v) is 4.82. The number of rotatable bonds is 2. The van der Waals surface area contributed by atoms with Gasteiger partial charge in [0.05, 0.1) is 18.9 Å². The van der Waals surface area contributed by atoms with Crippen LogP contribution in [0.25, 0.3) is 0 Å². The van der Waals surface area contributed by atoms with Crippen molar-refractivity contribution in [2.24, 2.45) is 0 Å². The van der Waals surface area contributed by atoms with Crippen LogP contribution in [0.15, 0.2) is 17.2 Å². The van der Waals surface area contributed by atoms with Gasteiger partial charge in [-0.1, -0.05) is 0 Å². The van der Waals surface area contributed by atoms with Crippen molar-refractivity contribution in [2.75, 3.05) is 54.9 Å². The molecule has 0 saturated carbocycles. The third-order valence-electron chi connectivity index (χ3n) is 6.24. The summed E-state index contributed by atoms with van der Waals surface area (Å²) in [6.07, 6.45) is 5.30. The standard InChI is InChI=1S/C19H25N7O2/c20-14-10-15(22-12-21-14)26-5-1-3-19(11-26)4-2-13-16(19)23-18(24-17(13)27)25-6-8-28-9-7-25/h10,12H,1-9,11H2,(H2,20,21,22)(H,23,24,27). The molecular formula is C19H25N7O2. The molecule has 4 heterocycles. The average molecular weight is 383 g/mol. The molecule has 9 heteroatoms. The highest BCUT2D eigenvalue weighted by Gasteiger charge is 2.45. The second-order valence-electron chi connectivity index (χ2n) is 7.92. The fourth-order valence-electron chi connectivity index (χ4n) is 4.82. The van der Waals surface area contributed by atoms with E-state index in [4.69, 9.17) is 15.5 Å². The van der Waals surface area contributed by atoms with Gasteiger partial charge in [-0.3, -0.25) is 9.78 Å². The van der Waals surface area contributed by atoms with Crippen molar-refractivity contribution >= 4 is 17.6 Å². The Bertz CT molecular complexity index is 940. The Morgan fingerprint density at radius 2 is 2.00 bits per heavy atom. The molecule has 2 aromatic heterocycles. The lowest BCUT2D eigenvalue weighted by molar-refractivity contribution is 0.122. The molecule has 0 radical (unpaired) electrons. The van der Waals surface area contributed by atoms with Gasteiger partial charge in [0.25, 0.3) is 5.56 Å². The molecule has 2 aliphatic heterocycles. The van der Waals surface area contributed by atoms with E-state index in [-0.39, 0.29) is 11.0 Å². The van der Waals surface area contributed by atoms with Gasteiger partial charge >= 0.3 is 0 Å². The number of nitrogens with two attached hydrogens (primary N) is 1. The number of aromatic amines is 1. The van der Waals surface area contributed by atoms with Crippen LogP contribution in [0.2, 0.25) is 0 Å². The number of H-pyrrole nitrogens is 1. The van der Waals surface area contributed by atoms with Crippen molar-refractivity contribution in [1.82, 2.24) is 19.9 Å². The van der Waals surface area contributed by atoms with Gasteiger partial charge in [0.15, 0.2) is 0 Å². The van der Waals surface area contributed by atoms with Crippen molar-refractivity contribution < 1.29 is 4.74 Å². The lowest BCUT2D eigenvalue weighted by atomic mass is 9.77. The molecule has 1 spiro atoms. The predicted molar refractivity (Wildman–Crippen MR) is 106 cm³/mol. The van der Waals surface area contributed by atoms with Gasteiger partial charge in [-0.2, -0.15) is 0 Å². The van der Waals surface area contributed by atoms with Crippen molar-refractivity contribution in [2.45, 2.75) is 31.1 Å². The van der Waals surface area contributed by atoms with Gasteiger partial charge < -0.3 is 20.3 Å². The Balaban J connectivity index is 1.50. The first-order valence-electron chi connectivity index (χ1n) is 9.93. The number of hydrogen-bond donors (Lipinski definition) is 2. The Hall–Kier alpha value is -2.68. The van der Waals surface area contributed by atoms with Crippen molar-refractivity contribution in [3.63, 3.8) is 0 Å². The molecule has 1 aliphatic carbocycles. The van der Waals surface area contributed by atoms with Crippen LogP contribution < -0.4 is 21.1 Å². The first-order chi connectivity index (χ1) is 13.6. The molecule has 9 nitrogen and oxygen atoms in total. The summed E-state index contributed by atoms with van der Waals surface area (Å²) < 4.78 is 5.44. The van der Waals surface area contributed by atoms with Crippen LogP contribution in [0.4, 0.5) is 17.6 Å². The minimum absolute atomic E-state index is 0.00627. The Morgan fingerprint density at radius 1 is 1.14 bits per heavy atom. The smallest absolute Gasteiger partial charge is 0.255 e. The van der Waals surface area contributed by atoms with E-state index in [0.717, 1.165) is 68.9 Å². The molecule has 2 aromatic rings. The molecule has 148 valence electrons. The maximum Gasteiger partial charge on any atom is 0.255 e. The SMILES string of the molecule is Nc1cc(N2CCCC3(CCc4c3nc(N3CCOCC3)[nH]c4=O)C2)ncn1. The maximum atomic E-state index is 12.8. The number of hydrogen-bond acceptors (Lipinski definition) is 8. The summed E-state index contributed by atoms with van der Waals surface area (Å²) >= 11 is 0. The number of ether oxygens (including phenoxy) is 1. The zero-order chi connectivity index (χ0) is 19.1. The molecule has 2 saturated heterocycles. The molecule has 1 atom stereocenters.